The smallest absolute Gasteiger partial charge is 0.258 e. The van der Waals surface area contributed by atoms with Gasteiger partial charge in [-0.15, -0.1) is 0 Å². The van der Waals surface area contributed by atoms with Gasteiger partial charge in [-0.2, -0.15) is 0 Å². The van der Waals surface area contributed by atoms with E-state index in [-0.39, 0.29) is 5.91 Å². The van der Waals surface area contributed by atoms with Crippen molar-refractivity contribution in [3.63, 3.8) is 0 Å². The highest BCUT2D eigenvalue weighted by molar-refractivity contribution is 7.88. The number of fused-ring (bicyclic) bond motifs is 2. The molecular weight excluding hydrogens is 448 g/mol. The second-order valence-electron chi connectivity index (χ2n) is 9.01. The third-order valence-electron chi connectivity index (χ3n) is 6.86. The Labute approximate surface area is 199 Å². The molecular formula is C27H26N2O4S. The topological polar surface area (TPSA) is 74.8 Å². The van der Waals surface area contributed by atoms with E-state index in [1.807, 2.05) is 60.7 Å². The average molecular weight is 475 g/mol. The number of hydrogen-bond acceptors (Lipinski definition) is 4. The standard InChI is InChI=1S/C27H26N2O4S/c1-18(26(30)29(34(2,32)33)25-16-13-20-7-3-5-9-23(20)25)19-11-14-22(15-12-19)28-17-21-8-4-6-10-24(21)27(28)31/h3-12,14-15,18,25H,13,16-17H2,1-2H3. The molecule has 0 bridgehead atoms. The molecule has 1 heterocycles. The van der Waals surface area contributed by atoms with Crippen molar-refractivity contribution < 1.29 is 18.0 Å². The molecule has 0 saturated carbocycles. The molecule has 34 heavy (non-hydrogen) atoms. The van der Waals surface area contributed by atoms with Crippen LogP contribution in [-0.2, 0) is 27.8 Å². The number of carbonyl (C=O) groups is 2. The Balaban J connectivity index is 1.39. The van der Waals surface area contributed by atoms with Crippen molar-refractivity contribution in [2.45, 2.75) is 38.3 Å². The number of rotatable bonds is 5. The van der Waals surface area contributed by atoms with Gasteiger partial charge in [0, 0.05) is 11.3 Å². The minimum Gasteiger partial charge on any atom is -0.304 e. The summed E-state index contributed by atoms with van der Waals surface area (Å²) in [4.78, 5) is 28.0. The summed E-state index contributed by atoms with van der Waals surface area (Å²) < 4.78 is 26.5. The molecule has 2 unspecified atom stereocenters. The van der Waals surface area contributed by atoms with E-state index in [0.717, 1.165) is 39.4 Å². The zero-order valence-electron chi connectivity index (χ0n) is 19.1. The first-order valence-corrected chi connectivity index (χ1v) is 13.2. The lowest BCUT2D eigenvalue weighted by Gasteiger charge is -2.30. The zero-order chi connectivity index (χ0) is 24.0. The number of amides is 2. The van der Waals surface area contributed by atoms with Gasteiger partial charge in [0.1, 0.15) is 0 Å². The Morgan fingerprint density at radius 1 is 0.971 bits per heavy atom. The van der Waals surface area contributed by atoms with Gasteiger partial charge in [0.2, 0.25) is 15.9 Å². The highest BCUT2D eigenvalue weighted by Gasteiger charge is 2.38. The Hall–Kier alpha value is -3.45. The fraction of sp³-hybridized carbons (Fsp3) is 0.259. The van der Waals surface area contributed by atoms with E-state index >= 15 is 0 Å². The fourth-order valence-corrected chi connectivity index (χ4v) is 6.23. The summed E-state index contributed by atoms with van der Waals surface area (Å²) in [5.41, 5.74) is 5.13. The number of sulfonamides is 1. The number of hydrogen-bond donors (Lipinski definition) is 0. The van der Waals surface area contributed by atoms with Crippen molar-refractivity contribution in [1.82, 2.24) is 4.31 Å². The summed E-state index contributed by atoms with van der Waals surface area (Å²) in [6.07, 6.45) is 2.43. The second kappa shape index (κ2) is 8.40. The molecule has 3 aromatic rings. The maximum atomic E-state index is 13.5. The van der Waals surface area contributed by atoms with Crippen molar-refractivity contribution in [3.8, 4) is 0 Å². The summed E-state index contributed by atoms with van der Waals surface area (Å²) in [5.74, 6) is -1.14. The van der Waals surface area contributed by atoms with Gasteiger partial charge >= 0.3 is 0 Å². The van der Waals surface area contributed by atoms with Gasteiger partial charge in [-0.05, 0) is 60.2 Å². The lowest BCUT2D eigenvalue weighted by molar-refractivity contribution is -0.129. The molecule has 0 aromatic heterocycles. The summed E-state index contributed by atoms with van der Waals surface area (Å²) in [6, 6.07) is 22.0. The summed E-state index contributed by atoms with van der Waals surface area (Å²) >= 11 is 0. The van der Waals surface area contributed by atoms with Crippen molar-refractivity contribution in [1.29, 1.82) is 0 Å². The van der Waals surface area contributed by atoms with Gasteiger partial charge in [0.05, 0.1) is 24.8 Å². The Kier molecular flexibility index (Phi) is 5.52. The van der Waals surface area contributed by atoms with Crippen molar-refractivity contribution in [2.75, 3.05) is 11.2 Å². The SMILES string of the molecule is CC(C(=O)N(C1CCc2ccccc21)S(C)(=O)=O)c1ccc(N2Cc3ccccc3C2=O)cc1. The van der Waals surface area contributed by atoms with Crippen LogP contribution in [0, 0.1) is 0 Å². The summed E-state index contributed by atoms with van der Waals surface area (Å²) in [5, 5.41) is 0. The number of carbonyl (C=O) groups excluding carboxylic acids is 2. The van der Waals surface area contributed by atoms with E-state index in [2.05, 4.69) is 0 Å². The van der Waals surface area contributed by atoms with Gasteiger partial charge in [0.15, 0.2) is 0 Å². The van der Waals surface area contributed by atoms with Gasteiger partial charge in [-0.3, -0.25) is 9.59 Å². The summed E-state index contributed by atoms with van der Waals surface area (Å²) in [6.45, 7) is 2.24. The van der Waals surface area contributed by atoms with Crippen LogP contribution >= 0.6 is 0 Å². The molecule has 5 rings (SSSR count). The van der Waals surface area contributed by atoms with E-state index in [9.17, 15) is 18.0 Å². The predicted molar refractivity (Wildman–Crippen MR) is 131 cm³/mol. The third kappa shape index (κ3) is 3.80. The molecule has 1 aliphatic carbocycles. The number of aryl methyl sites for hydroxylation is 1. The van der Waals surface area contributed by atoms with Gasteiger partial charge in [-0.25, -0.2) is 12.7 Å². The molecule has 0 N–H and O–H groups in total. The van der Waals surface area contributed by atoms with Gasteiger partial charge in [-0.1, -0.05) is 54.6 Å². The maximum Gasteiger partial charge on any atom is 0.258 e. The molecule has 0 saturated heterocycles. The molecule has 0 spiro atoms. The highest BCUT2D eigenvalue weighted by Crippen LogP contribution is 2.39. The molecule has 2 aliphatic rings. The molecule has 0 fully saturated rings. The predicted octanol–water partition coefficient (Wildman–Crippen LogP) is 4.43. The van der Waals surface area contributed by atoms with E-state index in [0.29, 0.717) is 24.1 Å². The minimum atomic E-state index is -3.77. The van der Waals surface area contributed by atoms with E-state index in [4.69, 9.17) is 0 Å². The molecule has 7 heteroatoms. The van der Waals surface area contributed by atoms with Crippen LogP contribution in [0.2, 0.25) is 0 Å². The molecule has 174 valence electrons. The highest BCUT2D eigenvalue weighted by atomic mass is 32.2. The number of nitrogens with zero attached hydrogens (tertiary/aromatic N) is 2. The molecule has 3 aromatic carbocycles. The first kappa shape index (κ1) is 22.3. The molecule has 6 nitrogen and oxygen atoms in total. The fourth-order valence-electron chi connectivity index (χ4n) is 5.07. The lowest BCUT2D eigenvalue weighted by atomic mass is 9.98. The average Bonchev–Trinajstić information content (AvgIpc) is 3.39. The van der Waals surface area contributed by atoms with Crippen LogP contribution in [0.25, 0.3) is 0 Å². The van der Waals surface area contributed by atoms with Gasteiger partial charge < -0.3 is 4.90 Å². The van der Waals surface area contributed by atoms with Crippen LogP contribution in [0.1, 0.15) is 57.9 Å². The van der Waals surface area contributed by atoms with Crippen LogP contribution in [-0.4, -0.2) is 30.8 Å². The molecule has 0 radical (unpaired) electrons. The molecule has 2 amide bonds. The van der Waals surface area contributed by atoms with Crippen LogP contribution in [0.4, 0.5) is 5.69 Å². The maximum absolute atomic E-state index is 13.5. The zero-order valence-corrected chi connectivity index (χ0v) is 20.0. The molecule has 1 aliphatic heterocycles. The first-order chi connectivity index (χ1) is 16.3. The second-order valence-corrected chi connectivity index (χ2v) is 10.9. The van der Waals surface area contributed by atoms with Crippen molar-refractivity contribution in [3.05, 3.63) is 101 Å². The normalized spacial score (nSPS) is 17.9. The van der Waals surface area contributed by atoms with Crippen LogP contribution in [0.5, 0.6) is 0 Å². The van der Waals surface area contributed by atoms with Crippen molar-refractivity contribution >= 4 is 27.5 Å². The molecule has 2 atom stereocenters. The Bertz CT molecular complexity index is 1380. The monoisotopic (exact) mass is 474 g/mol. The minimum absolute atomic E-state index is 0.0457. The van der Waals surface area contributed by atoms with Crippen LogP contribution in [0.3, 0.4) is 0 Å². The first-order valence-electron chi connectivity index (χ1n) is 11.4. The van der Waals surface area contributed by atoms with Crippen LogP contribution in [0.15, 0.2) is 72.8 Å². The third-order valence-corrected chi connectivity index (χ3v) is 8.00. The van der Waals surface area contributed by atoms with Crippen LogP contribution < -0.4 is 4.90 Å². The summed E-state index contributed by atoms with van der Waals surface area (Å²) in [7, 11) is -3.77. The largest absolute Gasteiger partial charge is 0.304 e. The quantitative estimate of drug-likeness (QED) is 0.548. The Morgan fingerprint density at radius 2 is 1.62 bits per heavy atom. The van der Waals surface area contributed by atoms with Gasteiger partial charge in [0.25, 0.3) is 5.91 Å². The van der Waals surface area contributed by atoms with E-state index in [1.54, 1.807) is 24.0 Å². The Morgan fingerprint density at radius 3 is 2.29 bits per heavy atom. The van der Waals surface area contributed by atoms with E-state index < -0.39 is 27.9 Å². The number of anilines is 1. The van der Waals surface area contributed by atoms with Crippen molar-refractivity contribution in [2.24, 2.45) is 0 Å². The van der Waals surface area contributed by atoms with E-state index in [1.165, 1.54) is 0 Å². The number of benzene rings is 3. The lowest BCUT2D eigenvalue weighted by Crippen LogP contribution is -2.40.